The van der Waals surface area contributed by atoms with Crippen LogP contribution in [0.25, 0.3) is 22.4 Å². The molecule has 1 amide bonds. The molecule has 0 aliphatic carbocycles. The highest BCUT2D eigenvalue weighted by atomic mass is 32.1. The lowest BCUT2D eigenvalue weighted by Gasteiger charge is -2.07. The van der Waals surface area contributed by atoms with Gasteiger partial charge in [-0.2, -0.15) is 0 Å². The Morgan fingerprint density at radius 1 is 1.13 bits per heavy atom. The van der Waals surface area contributed by atoms with Crippen molar-refractivity contribution in [2.75, 3.05) is 19.0 Å². The number of benzene rings is 2. The van der Waals surface area contributed by atoms with Crippen molar-refractivity contribution < 1.29 is 18.7 Å². The second kappa shape index (κ2) is 9.66. The Morgan fingerprint density at radius 2 is 2.03 bits per heavy atom. The van der Waals surface area contributed by atoms with Crippen LogP contribution in [0.5, 0.6) is 11.5 Å². The molecule has 4 rings (SSSR count). The SMILES string of the molecule is CCCCCOc1cccc(C(=O)Nc2nc(-c3cc4ccc(OC)cc4o3)cs2)c1. The molecule has 0 radical (unpaired) electrons. The van der Waals surface area contributed by atoms with Gasteiger partial charge in [0, 0.05) is 22.4 Å². The van der Waals surface area contributed by atoms with Crippen molar-refractivity contribution in [1.29, 1.82) is 0 Å². The topological polar surface area (TPSA) is 73.6 Å². The second-order valence-electron chi connectivity index (χ2n) is 7.09. The molecule has 160 valence electrons. The lowest BCUT2D eigenvalue weighted by Crippen LogP contribution is -2.11. The molecule has 0 saturated carbocycles. The normalized spacial score (nSPS) is 10.9. The number of ether oxygens (including phenoxy) is 2. The van der Waals surface area contributed by atoms with Crippen molar-refractivity contribution in [1.82, 2.24) is 4.98 Å². The summed E-state index contributed by atoms with van der Waals surface area (Å²) in [4.78, 5) is 17.2. The minimum Gasteiger partial charge on any atom is -0.497 e. The molecule has 0 bridgehead atoms. The molecular formula is C24H24N2O4S. The quantitative estimate of drug-likeness (QED) is 0.308. The van der Waals surface area contributed by atoms with Gasteiger partial charge in [0.1, 0.15) is 22.8 Å². The van der Waals surface area contributed by atoms with Gasteiger partial charge in [-0.15, -0.1) is 11.3 Å². The Balaban J connectivity index is 1.43. The number of methoxy groups -OCH3 is 1. The third kappa shape index (κ3) is 5.06. The van der Waals surface area contributed by atoms with Gasteiger partial charge in [0.2, 0.25) is 0 Å². The van der Waals surface area contributed by atoms with E-state index in [1.54, 1.807) is 19.2 Å². The van der Waals surface area contributed by atoms with E-state index in [1.807, 2.05) is 41.8 Å². The number of unbranched alkanes of at least 4 members (excludes halogenated alkanes) is 2. The lowest BCUT2D eigenvalue weighted by atomic mass is 10.2. The molecule has 0 spiro atoms. The maximum Gasteiger partial charge on any atom is 0.257 e. The maximum absolute atomic E-state index is 12.7. The van der Waals surface area contributed by atoms with Crippen molar-refractivity contribution in [3.05, 3.63) is 59.5 Å². The summed E-state index contributed by atoms with van der Waals surface area (Å²) in [5.41, 5.74) is 1.92. The van der Waals surface area contributed by atoms with E-state index in [1.165, 1.54) is 11.3 Å². The number of aromatic nitrogens is 1. The zero-order valence-corrected chi connectivity index (χ0v) is 18.3. The first kappa shape index (κ1) is 20.9. The number of amides is 1. The largest absolute Gasteiger partial charge is 0.497 e. The highest BCUT2D eigenvalue weighted by molar-refractivity contribution is 7.14. The summed E-state index contributed by atoms with van der Waals surface area (Å²) < 4.78 is 16.9. The van der Waals surface area contributed by atoms with Gasteiger partial charge in [-0.1, -0.05) is 25.8 Å². The van der Waals surface area contributed by atoms with E-state index >= 15 is 0 Å². The number of hydrogen-bond acceptors (Lipinski definition) is 6. The molecule has 0 aliphatic heterocycles. The van der Waals surface area contributed by atoms with Gasteiger partial charge < -0.3 is 13.9 Å². The molecule has 0 atom stereocenters. The Kier molecular flexibility index (Phi) is 6.52. The van der Waals surface area contributed by atoms with Gasteiger partial charge in [0.15, 0.2) is 10.9 Å². The van der Waals surface area contributed by atoms with Gasteiger partial charge in [0.25, 0.3) is 5.91 Å². The average Bonchev–Trinajstić information content (AvgIpc) is 3.43. The molecule has 0 unspecified atom stereocenters. The van der Waals surface area contributed by atoms with Crippen LogP contribution in [0.2, 0.25) is 0 Å². The summed E-state index contributed by atoms with van der Waals surface area (Å²) in [5.74, 6) is 1.84. The summed E-state index contributed by atoms with van der Waals surface area (Å²) in [6.07, 6.45) is 3.28. The molecule has 1 N–H and O–H groups in total. The standard InChI is InChI=1S/C24H24N2O4S/c1-3-4-5-11-29-19-8-6-7-17(12-19)23(27)26-24-25-20(15-31-24)22-13-16-9-10-18(28-2)14-21(16)30-22/h6-10,12-15H,3-5,11H2,1-2H3,(H,25,26,27). The summed E-state index contributed by atoms with van der Waals surface area (Å²) in [6.45, 7) is 2.80. The van der Waals surface area contributed by atoms with Crippen molar-refractivity contribution in [3.8, 4) is 23.0 Å². The number of furan rings is 1. The Bertz CT molecular complexity index is 1180. The van der Waals surface area contributed by atoms with Crippen LogP contribution in [0.1, 0.15) is 36.5 Å². The van der Waals surface area contributed by atoms with E-state index in [9.17, 15) is 4.79 Å². The van der Waals surface area contributed by atoms with Gasteiger partial charge in [0.05, 0.1) is 13.7 Å². The highest BCUT2D eigenvalue weighted by Crippen LogP contribution is 2.32. The molecule has 2 aromatic heterocycles. The Labute approximate surface area is 184 Å². The van der Waals surface area contributed by atoms with Crippen molar-refractivity contribution in [2.45, 2.75) is 26.2 Å². The predicted molar refractivity (Wildman–Crippen MR) is 123 cm³/mol. The number of thiazole rings is 1. The molecular weight excluding hydrogens is 412 g/mol. The monoisotopic (exact) mass is 436 g/mol. The van der Waals surface area contributed by atoms with Crippen molar-refractivity contribution in [2.24, 2.45) is 0 Å². The average molecular weight is 437 g/mol. The number of rotatable bonds is 9. The molecule has 0 aliphatic rings. The number of carbonyl (C=O) groups excluding carboxylic acids is 1. The molecule has 0 fully saturated rings. The number of anilines is 1. The van der Waals surface area contributed by atoms with Crippen LogP contribution < -0.4 is 14.8 Å². The van der Waals surface area contributed by atoms with E-state index < -0.39 is 0 Å². The van der Waals surface area contributed by atoms with Crippen LogP contribution in [0.3, 0.4) is 0 Å². The van der Waals surface area contributed by atoms with E-state index in [4.69, 9.17) is 13.9 Å². The third-order valence-corrected chi connectivity index (χ3v) is 5.57. The molecule has 2 heterocycles. The van der Waals surface area contributed by atoms with Crippen LogP contribution in [-0.4, -0.2) is 24.6 Å². The molecule has 4 aromatic rings. The number of carbonyl (C=O) groups is 1. The molecule has 0 saturated heterocycles. The zero-order valence-electron chi connectivity index (χ0n) is 17.5. The van der Waals surface area contributed by atoms with Gasteiger partial charge in [-0.05, 0) is 42.8 Å². The third-order valence-electron chi connectivity index (χ3n) is 4.82. The highest BCUT2D eigenvalue weighted by Gasteiger charge is 2.14. The molecule has 7 heteroatoms. The summed E-state index contributed by atoms with van der Waals surface area (Å²) in [6, 6.07) is 14.8. The minimum atomic E-state index is -0.228. The van der Waals surface area contributed by atoms with Crippen LogP contribution in [0.4, 0.5) is 5.13 Å². The van der Waals surface area contributed by atoms with Gasteiger partial charge in [-0.25, -0.2) is 4.98 Å². The fraction of sp³-hybridized carbons (Fsp3) is 0.250. The van der Waals surface area contributed by atoms with E-state index in [0.717, 1.165) is 36.0 Å². The number of nitrogens with one attached hydrogen (secondary N) is 1. The maximum atomic E-state index is 12.7. The number of hydrogen-bond donors (Lipinski definition) is 1. The first-order valence-corrected chi connectivity index (χ1v) is 11.1. The first-order valence-electron chi connectivity index (χ1n) is 10.2. The zero-order chi connectivity index (χ0) is 21.6. The first-order chi connectivity index (χ1) is 15.2. The van der Waals surface area contributed by atoms with E-state index in [2.05, 4.69) is 17.2 Å². The summed E-state index contributed by atoms with van der Waals surface area (Å²) in [5, 5.41) is 6.18. The lowest BCUT2D eigenvalue weighted by molar-refractivity contribution is 0.102. The minimum absolute atomic E-state index is 0.228. The number of fused-ring (bicyclic) bond motifs is 1. The summed E-state index contributed by atoms with van der Waals surface area (Å²) in [7, 11) is 1.62. The van der Waals surface area contributed by atoms with Crippen molar-refractivity contribution >= 4 is 33.3 Å². The number of nitrogens with zero attached hydrogens (tertiary/aromatic N) is 1. The molecule has 31 heavy (non-hydrogen) atoms. The fourth-order valence-corrected chi connectivity index (χ4v) is 3.84. The van der Waals surface area contributed by atoms with Crippen LogP contribution in [-0.2, 0) is 0 Å². The second-order valence-corrected chi connectivity index (χ2v) is 7.95. The summed E-state index contributed by atoms with van der Waals surface area (Å²) >= 11 is 1.35. The smallest absolute Gasteiger partial charge is 0.257 e. The van der Waals surface area contributed by atoms with E-state index in [-0.39, 0.29) is 5.91 Å². The van der Waals surface area contributed by atoms with Gasteiger partial charge in [-0.3, -0.25) is 10.1 Å². The van der Waals surface area contributed by atoms with Crippen LogP contribution in [0, 0.1) is 0 Å². The fourth-order valence-electron chi connectivity index (χ4n) is 3.15. The van der Waals surface area contributed by atoms with Crippen LogP contribution in [0.15, 0.2) is 58.3 Å². The molecule has 2 aromatic carbocycles. The predicted octanol–water partition coefficient (Wildman–Crippen LogP) is 6.39. The van der Waals surface area contributed by atoms with Crippen LogP contribution >= 0.6 is 11.3 Å². The van der Waals surface area contributed by atoms with E-state index in [0.29, 0.717) is 34.5 Å². The Hall–Kier alpha value is -3.32. The molecule has 6 nitrogen and oxygen atoms in total. The van der Waals surface area contributed by atoms with Crippen molar-refractivity contribution in [3.63, 3.8) is 0 Å². The Morgan fingerprint density at radius 3 is 2.87 bits per heavy atom. The van der Waals surface area contributed by atoms with Gasteiger partial charge >= 0.3 is 0 Å².